The smallest absolute Gasteiger partial charge is 0.223 e. The second-order valence-electron chi connectivity index (χ2n) is 8.30. The number of nitrogens with one attached hydrogen (secondary N) is 1. The summed E-state index contributed by atoms with van der Waals surface area (Å²) in [6, 6.07) is 18.1. The van der Waals surface area contributed by atoms with Gasteiger partial charge in [-0.3, -0.25) is 9.69 Å². The lowest BCUT2D eigenvalue weighted by Gasteiger charge is -2.20. The van der Waals surface area contributed by atoms with Gasteiger partial charge in [-0.1, -0.05) is 44.2 Å². The molecule has 1 aliphatic heterocycles. The number of amides is 1. The summed E-state index contributed by atoms with van der Waals surface area (Å²) in [5.74, 6) is 3.58. The number of para-hydroxylation sites is 1. The highest BCUT2D eigenvalue weighted by Gasteiger charge is 2.20. The van der Waals surface area contributed by atoms with Crippen molar-refractivity contribution in [1.29, 1.82) is 0 Å². The van der Waals surface area contributed by atoms with Crippen LogP contribution in [0.15, 0.2) is 54.6 Å². The van der Waals surface area contributed by atoms with Crippen LogP contribution in [0.5, 0.6) is 11.5 Å². The molecule has 2 heterocycles. The maximum atomic E-state index is 12.1. The van der Waals surface area contributed by atoms with Crippen molar-refractivity contribution < 1.29 is 9.53 Å². The highest BCUT2D eigenvalue weighted by molar-refractivity contribution is 5.78. The van der Waals surface area contributed by atoms with Crippen LogP contribution in [0.1, 0.15) is 37.5 Å². The van der Waals surface area contributed by atoms with Crippen LogP contribution in [0.25, 0.3) is 0 Å². The molecule has 0 saturated heterocycles. The van der Waals surface area contributed by atoms with E-state index >= 15 is 0 Å². The van der Waals surface area contributed by atoms with Crippen LogP contribution in [-0.2, 0) is 30.8 Å². The van der Waals surface area contributed by atoms with Crippen LogP contribution >= 0.6 is 0 Å². The van der Waals surface area contributed by atoms with Gasteiger partial charge in [0.1, 0.15) is 17.3 Å². The number of ether oxygens (including phenoxy) is 1. The van der Waals surface area contributed by atoms with Crippen molar-refractivity contribution in [2.24, 2.45) is 5.92 Å². The van der Waals surface area contributed by atoms with E-state index in [-0.39, 0.29) is 11.8 Å². The Morgan fingerprint density at radius 3 is 2.69 bits per heavy atom. The summed E-state index contributed by atoms with van der Waals surface area (Å²) in [4.78, 5) is 14.5. The molecular formula is C25H31N5O2. The Hall–Kier alpha value is -3.19. The van der Waals surface area contributed by atoms with E-state index in [1.54, 1.807) is 0 Å². The van der Waals surface area contributed by atoms with E-state index in [0.717, 1.165) is 62.2 Å². The molecule has 168 valence electrons. The van der Waals surface area contributed by atoms with E-state index in [1.807, 2.05) is 56.3 Å². The normalized spacial score (nSPS) is 14.9. The molecule has 1 amide bonds. The lowest BCUT2D eigenvalue weighted by molar-refractivity contribution is -0.124. The molecule has 0 fully saturated rings. The summed E-state index contributed by atoms with van der Waals surface area (Å²) in [5.41, 5.74) is 1.22. The molecule has 1 aromatic heterocycles. The third-order valence-electron chi connectivity index (χ3n) is 5.96. The van der Waals surface area contributed by atoms with E-state index in [4.69, 9.17) is 4.74 Å². The van der Waals surface area contributed by atoms with Crippen molar-refractivity contribution in [3.05, 3.63) is 71.8 Å². The second-order valence-corrected chi connectivity index (χ2v) is 8.30. The highest BCUT2D eigenvalue weighted by Crippen LogP contribution is 2.23. The quantitative estimate of drug-likeness (QED) is 0.585. The van der Waals surface area contributed by atoms with E-state index in [9.17, 15) is 4.79 Å². The molecule has 1 atom stereocenters. The fraction of sp³-hybridized carbons (Fsp3) is 0.400. The van der Waals surface area contributed by atoms with Gasteiger partial charge in [-0.05, 0) is 36.2 Å². The second kappa shape index (κ2) is 10.4. The van der Waals surface area contributed by atoms with E-state index in [2.05, 4.69) is 37.1 Å². The number of hydrogen-bond acceptors (Lipinski definition) is 5. The first-order valence-electron chi connectivity index (χ1n) is 11.3. The standard InChI is InChI=1S/C25H31N5O2/c1-3-19(2)25(31)26-17-24-28-27-23-12-13-29(14-15-30(23)24)18-20-8-7-11-22(16-20)32-21-9-5-4-6-10-21/h4-11,16,19H,3,12-15,17-18H2,1-2H3,(H,26,31)/t19-/m1/s1. The van der Waals surface area contributed by atoms with Gasteiger partial charge in [-0.2, -0.15) is 0 Å². The first kappa shape index (κ1) is 22.0. The van der Waals surface area contributed by atoms with E-state index in [0.29, 0.717) is 6.54 Å². The molecule has 32 heavy (non-hydrogen) atoms. The first-order valence-corrected chi connectivity index (χ1v) is 11.3. The Morgan fingerprint density at radius 1 is 1.06 bits per heavy atom. The van der Waals surface area contributed by atoms with Crippen LogP contribution in [0.3, 0.4) is 0 Å². The monoisotopic (exact) mass is 433 g/mol. The zero-order valence-corrected chi connectivity index (χ0v) is 18.8. The van der Waals surface area contributed by atoms with Gasteiger partial charge in [0.25, 0.3) is 0 Å². The lowest BCUT2D eigenvalue weighted by Crippen LogP contribution is -2.30. The molecule has 0 unspecified atom stereocenters. The average molecular weight is 434 g/mol. The summed E-state index contributed by atoms with van der Waals surface area (Å²) < 4.78 is 8.14. The number of benzene rings is 2. The Bertz CT molecular complexity index is 1030. The van der Waals surface area contributed by atoms with Crippen LogP contribution in [-0.4, -0.2) is 38.7 Å². The van der Waals surface area contributed by atoms with Gasteiger partial charge in [0.05, 0.1) is 6.54 Å². The summed E-state index contributed by atoms with van der Waals surface area (Å²) in [5, 5.41) is 11.7. The molecule has 7 heteroatoms. The summed E-state index contributed by atoms with van der Waals surface area (Å²) >= 11 is 0. The predicted octanol–water partition coefficient (Wildman–Crippen LogP) is 3.79. The summed E-state index contributed by atoms with van der Waals surface area (Å²) in [7, 11) is 0. The van der Waals surface area contributed by atoms with Gasteiger partial charge in [0.2, 0.25) is 5.91 Å². The van der Waals surface area contributed by atoms with Gasteiger partial charge >= 0.3 is 0 Å². The van der Waals surface area contributed by atoms with E-state index in [1.165, 1.54) is 5.56 Å². The fourth-order valence-corrected chi connectivity index (χ4v) is 3.83. The van der Waals surface area contributed by atoms with Crippen molar-refractivity contribution in [3.63, 3.8) is 0 Å². The van der Waals surface area contributed by atoms with Gasteiger partial charge in [-0.25, -0.2) is 0 Å². The Labute approximate surface area is 189 Å². The highest BCUT2D eigenvalue weighted by atomic mass is 16.5. The molecule has 0 bridgehead atoms. The Kier molecular flexibility index (Phi) is 7.17. The number of carbonyl (C=O) groups excluding carboxylic acids is 1. The maximum absolute atomic E-state index is 12.1. The Balaban J connectivity index is 1.35. The lowest BCUT2D eigenvalue weighted by atomic mass is 10.1. The van der Waals surface area contributed by atoms with Crippen molar-refractivity contribution in [2.45, 2.75) is 46.3 Å². The van der Waals surface area contributed by atoms with Gasteiger partial charge < -0.3 is 14.6 Å². The van der Waals surface area contributed by atoms with Crippen molar-refractivity contribution in [3.8, 4) is 11.5 Å². The third-order valence-corrected chi connectivity index (χ3v) is 5.96. The van der Waals surface area contributed by atoms with Crippen molar-refractivity contribution in [2.75, 3.05) is 13.1 Å². The molecule has 4 rings (SSSR count). The molecule has 3 aromatic rings. The SMILES string of the molecule is CC[C@@H](C)C(=O)NCc1nnc2n1CCN(Cc1cccc(Oc3ccccc3)c1)CC2. The molecule has 7 nitrogen and oxygen atoms in total. The van der Waals surface area contributed by atoms with E-state index < -0.39 is 0 Å². The van der Waals surface area contributed by atoms with Crippen molar-refractivity contribution >= 4 is 5.91 Å². The number of rotatable bonds is 8. The van der Waals surface area contributed by atoms with Crippen LogP contribution in [0.4, 0.5) is 0 Å². The molecule has 1 aliphatic rings. The number of carbonyl (C=O) groups is 1. The molecule has 0 radical (unpaired) electrons. The summed E-state index contributed by atoms with van der Waals surface area (Å²) in [6.07, 6.45) is 1.67. The topological polar surface area (TPSA) is 72.3 Å². The van der Waals surface area contributed by atoms with Crippen molar-refractivity contribution in [1.82, 2.24) is 25.0 Å². The van der Waals surface area contributed by atoms with Gasteiger partial charge in [0, 0.05) is 38.5 Å². The maximum Gasteiger partial charge on any atom is 0.223 e. The van der Waals surface area contributed by atoms with Crippen LogP contribution < -0.4 is 10.1 Å². The van der Waals surface area contributed by atoms with Crippen LogP contribution in [0.2, 0.25) is 0 Å². The zero-order valence-electron chi connectivity index (χ0n) is 18.8. The molecular weight excluding hydrogens is 402 g/mol. The third kappa shape index (κ3) is 5.53. The number of nitrogens with zero attached hydrogens (tertiary/aromatic N) is 4. The number of hydrogen-bond donors (Lipinski definition) is 1. The molecule has 0 aliphatic carbocycles. The van der Waals surface area contributed by atoms with Crippen LogP contribution in [0, 0.1) is 5.92 Å². The minimum Gasteiger partial charge on any atom is -0.457 e. The largest absolute Gasteiger partial charge is 0.457 e. The Morgan fingerprint density at radius 2 is 1.88 bits per heavy atom. The minimum atomic E-state index is 0.0126. The summed E-state index contributed by atoms with van der Waals surface area (Å²) in [6.45, 7) is 7.88. The molecule has 0 saturated carbocycles. The fourth-order valence-electron chi connectivity index (χ4n) is 3.83. The average Bonchev–Trinajstić information content (AvgIpc) is 3.10. The number of aromatic nitrogens is 3. The molecule has 1 N–H and O–H groups in total. The van der Waals surface area contributed by atoms with Gasteiger partial charge in [0.15, 0.2) is 5.82 Å². The first-order chi connectivity index (χ1) is 15.6. The molecule has 2 aromatic carbocycles. The minimum absolute atomic E-state index is 0.0126. The van der Waals surface area contributed by atoms with Gasteiger partial charge in [-0.15, -0.1) is 10.2 Å². The number of fused-ring (bicyclic) bond motifs is 1. The molecule has 0 spiro atoms. The predicted molar refractivity (Wildman–Crippen MR) is 123 cm³/mol. The zero-order chi connectivity index (χ0) is 22.3.